The van der Waals surface area contributed by atoms with Crippen LogP contribution in [0.15, 0.2) is 22.6 Å². The Morgan fingerprint density at radius 1 is 1.35 bits per heavy atom. The van der Waals surface area contributed by atoms with Gasteiger partial charge in [-0.1, -0.05) is 32.4 Å². The lowest BCUT2D eigenvalue weighted by Crippen LogP contribution is -2.45. The van der Waals surface area contributed by atoms with Crippen LogP contribution in [0.25, 0.3) is 11.1 Å². The van der Waals surface area contributed by atoms with Gasteiger partial charge in [-0.3, -0.25) is 0 Å². The zero-order valence-corrected chi connectivity index (χ0v) is 12.9. The molecule has 2 aromatic rings. The molecule has 1 aliphatic carbocycles. The summed E-state index contributed by atoms with van der Waals surface area (Å²) in [5, 5.41) is 0.679. The Kier molecular flexibility index (Phi) is 3.30. The van der Waals surface area contributed by atoms with Gasteiger partial charge in [0.05, 0.1) is 0 Å². The highest BCUT2D eigenvalue weighted by atomic mass is 35.5. The van der Waals surface area contributed by atoms with Crippen LogP contribution in [-0.2, 0) is 0 Å². The van der Waals surface area contributed by atoms with Crippen molar-refractivity contribution in [3.8, 4) is 0 Å². The highest BCUT2D eigenvalue weighted by Crippen LogP contribution is 2.49. The van der Waals surface area contributed by atoms with Crippen LogP contribution in [0.4, 0.5) is 0 Å². The van der Waals surface area contributed by atoms with E-state index in [0.29, 0.717) is 16.9 Å². The number of fused-ring (bicyclic) bond motifs is 1. The molecule has 20 heavy (non-hydrogen) atoms. The predicted octanol–water partition coefficient (Wildman–Crippen LogP) is 4.35. The number of aromatic nitrogens is 1. The topological polar surface area (TPSA) is 52.0 Å². The van der Waals surface area contributed by atoms with E-state index in [0.717, 1.165) is 29.8 Å². The summed E-state index contributed by atoms with van der Waals surface area (Å²) in [6.07, 6.45) is 2.05. The molecule has 0 aliphatic heterocycles. The smallest absolute Gasteiger partial charge is 0.199 e. The average molecular weight is 293 g/mol. The highest BCUT2D eigenvalue weighted by Gasteiger charge is 2.44. The fourth-order valence-corrected chi connectivity index (χ4v) is 3.52. The monoisotopic (exact) mass is 292 g/mol. The third-order valence-electron chi connectivity index (χ3n) is 5.17. The number of hydrogen-bond donors (Lipinski definition) is 1. The molecule has 1 fully saturated rings. The standard InChI is InChI=1S/C16H21ClN2O/c1-9-12(18)6-5-11(16(9,2)3)15-19-13-7-4-10(17)8-14(13)20-15/h4,7-9,11-12H,5-6,18H2,1-3H3. The van der Waals surface area contributed by atoms with Crippen LogP contribution in [0.2, 0.25) is 5.02 Å². The summed E-state index contributed by atoms with van der Waals surface area (Å²) in [7, 11) is 0. The van der Waals surface area contributed by atoms with E-state index < -0.39 is 0 Å². The summed E-state index contributed by atoms with van der Waals surface area (Å²) in [6.45, 7) is 6.77. The molecule has 1 aliphatic rings. The first-order chi connectivity index (χ1) is 9.39. The Balaban J connectivity index is 2.01. The number of rotatable bonds is 1. The Morgan fingerprint density at radius 2 is 2.10 bits per heavy atom. The van der Waals surface area contributed by atoms with Crippen LogP contribution in [0.1, 0.15) is 45.4 Å². The summed E-state index contributed by atoms with van der Waals surface area (Å²) in [5.74, 6) is 1.58. The fraction of sp³-hybridized carbons (Fsp3) is 0.562. The summed E-state index contributed by atoms with van der Waals surface area (Å²) in [5.41, 5.74) is 7.95. The van der Waals surface area contributed by atoms with E-state index in [1.54, 1.807) is 0 Å². The van der Waals surface area contributed by atoms with E-state index in [4.69, 9.17) is 21.8 Å². The van der Waals surface area contributed by atoms with Gasteiger partial charge in [-0.05, 0) is 36.3 Å². The zero-order chi connectivity index (χ0) is 14.5. The van der Waals surface area contributed by atoms with Gasteiger partial charge in [-0.25, -0.2) is 4.98 Å². The van der Waals surface area contributed by atoms with E-state index >= 15 is 0 Å². The largest absolute Gasteiger partial charge is 0.440 e. The third-order valence-corrected chi connectivity index (χ3v) is 5.40. The molecule has 0 spiro atoms. The van der Waals surface area contributed by atoms with E-state index in [2.05, 4.69) is 25.8 Å². The minimum Gasteiger partial charge on any atom is -0.440 e. The molecule has 1 aromatic heterocycles. The molecule has 0 radical (unpaired) electrons. The van der Waals surface area contributed by atoms with E-state index in [-0.39, 0.29) is 11.5 Å². The minimum absolute atomic E-state index is 0.0857. The maximum Gasteiger partial charge on any atom is 0.199 e. The van der Waals surface area contributed by atoms with Crippen LogP contribution >= 0.6 is 11.6 Å². The van der Waals surface area contributed by atoms with Crippen LogP contribution in [0.5, 0.6) is 0 Å². The lowest BCUT2D eigenvalue weighted by molar-refractivity contribution is 0.0855. The number of benzene rings is 1. The molecule has 0 bridgehead atoms. The van der Waals surface area contributed by atoms with E-state index in [1.165, 1.54) is 0 Å². The summed E-state index contributed by atoms with van der Waals surface area (Å²) >= 11 is 6.01. The van der Waals surface area contributed by atoms with Crippen molar-refractivity contribution < 1.29 is 4.42 Å². The van der Waals surface area contributed by atoms with Crippen molar-refractivity contribution in [2.45, 2.75) is 45.6 Å². The normalized spacial score (nSPS) is 29.8. The summed E-state index contributed by atoms with van der Waals surface area (Å²) in [4.78, 5) is 4.67. The van der Waals surface area contributed by atoms with Gasteiger partial charge in [-0.2, -0.15) is 0 Å². The third kappa shape index (κ3) is 2.13. The van der Waals surface area contributed by atoms with Crippen molar-refractivity contribution in [3.63, 3.8) is 0 Å². The molecular weight excluding hydrogens is 272 g/mol. The van der Waals surface area contributed by atoms with Crippen molar-refractivity contribution >= 4 is 22.7 Å². The second-order valence-corrected chi connectivity index (χ2v) is 7.00. The van der Waals surface area contributed by atoms with Gasteiger partial charge in [0.15, 0.2) is 11.5 Å². The molecule has 0 saturated heterocycles. The van der Waals surface area contributed by atoms with Gasteiger partial charge < -0.3 is 10.2 Å². The second kappa shape index (κ2) is 4.74. The van der Waals surface area contributed by atoms with Crippen molar-refractivity contribution in [2.24, 2.45) is 17.1 Å². The van der Waals surface area contributed by atoms with Crippen LogP contribution in [0, 0.1) is 11.3 Å². The quantitative estimate of drug-likeness (QED) is 0.850. The molecule has 2 N–H and O–H groups in total. The number of oxazole rings is 1. The molecule has 3 rings (SSSR count). The summed E-state index contributed by atoms with van der Waals surface area (Å²) in [6, 6.07) is 5.86. The van der Waals surface area contributed by atoms with Gasteiger partial charge in [0.25, 0.3) is 0 Å². The van der Waals surface area contributed by atoms with Crippen LogP contribution in [0.3, 0.4) is 0 Å². The molecule has 0 amide bonds. The zero-order valence-electron chi connectivity index (χ0n) is 12.2. The Bertz CT molecular complexity index is 634. The molecule has 3 nitrogen and oxygen atoms in total. The first kappa shape index (κ1) is 13.9. The fourth-order valence-electron chi connectivity index (χ4n) is 3.36. The van der Waals surface area contributed by atoms with Gasteiger partial charge in [0.2, 0.25) is 0 Å². The SMILES string of the molecule is CC1C(N)CCC(c2nc3ccc(Cl)cc3o2)C1(C)C. The lowest BCUT2D eigenvalue weighted by atomic mass is 9.61. The minimum atomic E-state index is 0.0857. The van der Waals surface area contributed by atoms with E-state index in [9.17, 15) is 0 Å². The van der Waals surface area contributed by atoms with Gasteiger partial charge in [0, 0.05) is 23.0 Å². The molecule has 3 atom stereocenters. The number of nitrogens with two attached hydrogens (primary N) is 1. The van der Waals surface area contributed by atoms with Gasteiger partial charge in [0.1, 0.15) is 5.52 Å². The Hall–Kier alpha value is -1.06. The first-order valence-electron chi connectivity index (χ1n) is 7.21. The maximum atomic E-state index is 6.22. The predicted molar refractivity (Wildman–Crippen MR) is 81.9 cm³/mol. The van der Waals surface area contributed by atoms with E-state index in [1.807, 2.05) is 18.2 Å². The van der Waals surface area contributed by atoms with Crippen molar-refractivity contribution in [1.82, 2.24) is 4.98 Å². The Morgan fingerprint density at radius 3 is 2.85 bits per heavy atom. The van der Waals surface area contributed by atoms with Crippen LogP contribution in [-0.4, -0.2) is 11.0 Å². The van der Waals surface area contributed by atoms with Gasteiger partial charge in [-0.15, -0.1) is 0 Å². The van der Waals surface area contributed by atoms with Crippen molar-refractivity contribution in [1.29, 1.82) is 0 Å². The number of nitrogens with zero attached hydrogens (tertiary/aromatic N) is 1. The highest BCUT2D eigenvalue weighted by molar-refractivity contribution is 6.31. The van der Waals surface area contributed by atoms with Crippen molar-refractivity contribution in [2.75, 3.05) is 0 Å². The number of hydrogen-bond acceptors (Lipinski definition) is 3. The maximum absolute atomic E-state index is 6.22. The summed E-state index contributed by atoms with van der Waals surface area (Å²) < 4.78 is 5.97. The molecule has 1 heterocycles. The lowest BCUT2D eigenvalue weighted by Gasteiger charge is -2.45. The molecular formula is C16H21ClN2O. The van der Waals surface area contributed by atoms with Gasteiger partial charge >= 0.3 is 0 Å². The van der Waals surface area contributed by atoms with Crippen molar-refractivity contribution in [3.05, 3.63) is 29.1 Å². The molecule has 108 valence electrons. The molecule has 3 unspecified atom stereocenters. The van der Waals surface area contributed by atoms with Crippen LogP contribution < -0.4 is 5.73 Å². The molecule has 1 saturated carbocycles. The first-order valence-corrected chi connectivity index (χ1v) is 7.59. The molecule has 1 aromatic carbocycles. The second-order valence-electron chi connectivity index (χ2n) is 6.57. The number of halogens is 1. The molecule has 4 heteroatoms. The average Bonchev–Trinajstić information content (AvgIpc) is 2.78. The Labute approximate surface area is 124 Å².